The summed E-state index contributed by atoms with van der Waals surface area (Å²) in [6.45, 7) is 4.09. The SMILES string of the molecule is CC(C(=O)N1CCC(OCCCN)CC1)N1C(=O)NC2(CCCC2)C1=O.Cl. The standard InChI is InChI=1S/C18H30N4O4.ClH/c1-13(22-16(24)18(20-17(22)25)7-2-3-8-18)15(23)21-10-5-14(6-11-21)26-12-4-9-19;/h13-14H,2-12,19H2,1H3,(H,20,25);1H. The molecule has 1 atom stereocenters. The van der Waals surface area contributed by atoms with Gasteiger partial charge in [0.25, 0.3) is 5.91 Å². The van der Waals surface area contributed by atoms with Crippen LogP contribution < -0.4 is 11.1 Å². The van der Waals surface area contributed by atoms with Crippen molar-refractivity contribution < 1.29 is 19.1 Å². The first kappa shape index (κ1) is 21.9. The first-order chi connectivity index (χ1) is 12.5. The lowest BCUT2D eigenvalue weighted by Crippen LogP contribution is -2.53. The molecule has 0 radical (unpaired) electrons. The van der Waals surface area contributed by atoms with Crippen molar-refractivity contribution in [3.05, 3.63) is 0 Å². The number of urea groups is 1. The summed E-state index contributed by atoms with van der Waals surface area (Å²) in [4.78, 5) is 40.9. The maximum absolute atomic E-state index is 12.8. The van der Waals surface area contributed by atoms with Gasteiger partial charge in [-0.25, -0.2) is 9.69 Å². The van der Waals surface area contributed by atoms with E-state index in [4.69, 9.17) is 10.5 Å². The molecule has 3 rings (SSSR count). The van der Waals surface area contributed by atoms with E-state index in [2.05, 4.69) is 5.32 Å². The summed E-state index contributed by atoms with van der Waals surface area (Å²) in [5.74, 6) is -0.398. The molecule has 3 N–H and O–H groups in total. The highest BCUT2D eigenvalue weighted by Gasteiger charge is 2.54. The van der Waals surface area contributed by atoms with Crippen molar-refractivity contribution in [1.82, 2.24) is 15.1 Å². The largest absolute Gasteiger partial charge is 0.378 e. The molecule has 0 aromatic rings. The third kappa shape index (κ3) is 4.38. The second-order valence-electron chi connectivity index (χ2n) is 7.61. The Morgan fingerprint density at radius 2 is 1.93 bits per heavy atom. The van der Waals surface area contributed by atoms with Gasteiger partial charge in [-0.05, 0) is 45.6 Å². The zero-order valence-corrected chi connectivity index (χ0v) is 16.8. The van der Waals surface area contributed by atoms with Crippen molar-refractivity contribution in [3.63, 3.8) is 0 Å². The first-order valence-electron chi connectivity index (χ1n) is 9.75. The molecular weight excluding hydrogens is 372 g/mol. The lowest BCUT2D eigenvalue weighted by molar-refractivity contribution is -0.144. The normalized spacial score (nSPS) is 23.5. The van der Waals surface area contributed by atoms with Crippen LogP contribution in [0.3, 0.4) is 0 Å². The van der Waals surface area contributed by atoms with Crippen LogP contribution in [0.15, 0.2) is 0 Å². The van der Waals surface area contributed by atoms with Crippen molar-refractivity contribution in [2.24, 2.45) is 5.73 Å². The number of nitrogens with two attached hydrogens (primary N) is 1. The van der Waals surface area contributed by atoms with E-state index in [1.165, 1.54) is 0 Å². The lowest BCUT2D eigenvalue weighted by atomic mass is 9.97. The van der Waals surface area contributed by atoms with Crippen molar-refractivity contribution in [1.29, 1.82) is 0 Å². The lowest BCUT2D eigenvalue weighted by Gasteiger charge is -2.35. The highest BCUT2D eigenvalue weighted by atomic mass is 35.5. The van der Waals surface area contributed by atoms with Crippen LogP contribution >= 0.6 is 12.4 Å². The van der Waals surface area contributed by atoms with E-state index in [1.807, 2.05) is 0 Å². The quantitative estimate of drug-likeness (QED) is 0.509. The highest BCUT2D eigenvalue weighted by molar-refractivity contribution is 6.09. The average Bonchev–Trinajstić information content (AvgIpc) is 3.20. The molecule has 1 saturated carbocycles. The summed E-state index contributed by atoms with van der Waals surface area (Å²) in [5, 5.41) is 2.84. The Kier molecular flexibility index (Phi) is 7.47. The fourth-order valence-electron chi connectivity index (χ4n) is 4.26. The van der Waals surface area contributed by atoms with Gasteiger partial charge >= 0.3 is 6.03 Å². The first-order valence-corrected chi connectivity index (χ1v) is 9.75. The Balaban J connectivity index is 0.00000261. The zero-order valence-electron chi connectivity index (χ0n) is 15.9. The third-order valence-corrected chi connectivity index (χ3v) is 5.85. The number of nitrogens with zero attached hydrogens (tertiary/aromatic N) is 2. The number of rotatable bonds is 6. The fourth-order valence-corrected chi connectivity index (χ4v) is 4.26. The monoisotopic (exact) mass is 402 g/mol. The van der Waals surface area contributed by atoms with Gasteiger partial charge < -0.3 is 20.7 Å². The van der Waals surface area contributed by atoms with Crippen molar-refractivity contribution in [3.8, 4) is 0 Å². The molecular formula is C18H31ClN4O4. The summed E-state index contributed by atoms with van der Waals surface area (Å²) in [6, 6.07) is -1.20. The average molecular weight is 403 g/mol. The van der Waals surface area contributed by atoms with E-state index in [0.29, 0.717) is 39.1 Å². The molecule has 27 heavy (non-hydrogen) atoms. The number of likely N-dealkylation sites (tertiary alicyclic amines) is 1. The minimum Gasteiger partial charge on any atom is -0.378 e. The van der Waals surface area contributed by atoms with E-state index < -0.39 is 17.6 Å². The van der Waals surface area contributed by atoms with Gasteiger partial charge in [0.1, 0.15) is 11.6 Å². The van der Waals surface area contributed by atoms with Crippen LogP contribution in [0.25, 0.3) is 0 Å². The van der Waals surface area contributed by atoms with Gasteiger partial charge in [0.2, 0.25) is 5.91 Å². The van der Waals surface area contributed by atoms with Crippen LogP contribution in [0, 0.1) is 0 Å². The van der Waals surface area contributed by atoms with Crippen molar-refractivity contribution >= 4 is 30.3 Å². The molecule has 1 spiro atoms. The Labute approximate surface area is 166 Å². The molecule has 0 aromatic heterocycles. The summed E-state index contributed by atoms with van der Waals surface area (Å²) in [5.41, 5.74) is 4.70. The molecule has 154 valence electrons. The van der Waals surface area contributed by atoms with Gasteiger partial charge in [-0.3, -0.25) is 9.59 Å². The summed E-state index contributed by atoms with van der Waals surface area (Å²) >= 11 is 0. The number of nitrogens with one attached hydrogen (secondary N) is 1. The Bertz CT molecular complexity index is 560. The number of halogens is 1. The molecule has 0 aromatic carbocycles. The molecule has 1 aliphatic carbocycles. The van der Waals surface area contributed by atoms with E-state index in [-0.39, 0.29) is 30.3 Å². The van der Waals surface area contributed by atoms with Gasteiger partial charge in [0.15, 0.2) is 0 Å². The zero-order chi connectivity index (χ0) is 18.7. The maximum atomic E-state index is 12.8. The molecule has 2 heterocycles. The van der Waals surface area contributed by atoms with Gasteiger partial charge in [0.05, 0.1) is 6.10 Å². The van der Waals surface area contributed by atoms with Crippen LogP contribution in [0.4, 0.5) is 4.79 Å². The predicted molar refractivity (Wildman–Crippen MR) is 103 cm³/mol. The number of imide groups is 1. The molecule has 0 bridgehead atoms. The topological polar surface area (TPSA) is 105 Å². The molecule has 3 aliphatic rings. The summed E-state index contributed by atoms with van der Waals surface area (Å²) in [7, 11) is 0. The second-order valence-corrected chi connectivity index (χ2v) is 7.61. The number of amides is 4. The molecule has 2 saturated heterocycles. The van der Waals surface area contributed by atoms with Crippen LogP contribution in [-0.2, 0) is 14.3 Å². The number of ether oxygens (including phenoxy) is 1. The molecule has 8 nitrogen and oxygen atoms in total. The van der Waals surface area contributed by atoms with Gasteiger partial charge in [0, 0.05) is 19.7 Å². The number of carbonyl (C=O) groups is 3. The molecule has 3 fully saturated rings. The maximum Gasteiger partial charge on any atom is 0.325 e. The minimum absolute atomic E-state index is 0. The molecule has 1 unspecified atom stereocenters. The Hall–Kier alpha value is -1.38. The van der Waals surface area contributed by atoms with Gasteiger partial charge in [-0.1, -0.05) is 12.8 Å². The molecule has 4 amide bonds. The molecule has 9 heteroatoms. The van der Waals surface area contributed by atoms with E-state index in [9.17, 15) is 14.4 Å². The Morgan fingerprint density at radius 3 is 2.52 bits per heavy atom. The van der Waals surface area contributed by atoms with Crippen LogP contribution in [0.5, 0.6) is 0 Å². The minimum atomic E-state index is -0.768. The van der Waals surface area contributed by atoms with Crippen LogP contribution in [0.2, 0.25) is 0 Å². The van der Waals surface area contributed by atoms with E-state index >= 15 is 0 Å². The summed E-state index contributed by atoms with van der Waals surface area (Å²) in [6.07, 6.45) is 5.73. The number of carbonyl (C=O) groups excluding carboxylic acids is 3. The number of hydrogen-bond acceptors (Lipinski definition) is 5. The van der Waals surface area contributed by atoms with Gasteiger partial charge in [-0.2, -0.15) is 0 Å². The third-order valence-electron chi connectivity index (χ3n) is 5.85. The van der Waals surface area contributed by atoms with Crippen molar-refractivity contribution in [2.75, 3.05) is 26.2 Å². The van der Waals surface area contributed by atoms with Crippen LogP contribution in [0.1, 0.15) is 51.9 Å². The fraction of sp³-hybridized carbons (Fsp3) is 0.833. The second kappa shape index (κ2) is 9.21. The van der Waals surface area contributed by atoms with E-state index in [0.717, 1.165) is 37.0 Å². The predicted octanol–water partition coefficient (Wildman–Crippen LogP) is 1.02. The summed E-state index contributed by atoms with van der Waals surface area (Å²) < 4.78 is 5.76. The molecule has 2 aliphatic heterocycles. The van der Waals surface area contributed by atoms with Crippen LogP contribution in [-0.4, -0.2) is 71.6 Å². The smallest absolute Gasteiger partial charge is 0.325 e. The number of hydrogen-bond donors (Lipinski definition) is 2. The van der Waals surface area contributed by atoms with Gasteiger partial charge in [-0.15, -0.1) is 12.4 Å². The van der Waals surface area contributed by atoms with E-state index in [1.54, 1.807) is 11.8 Å². The highest BCUT2D eigenvalue weighted by Crippen LogP contribution is 2.36. The number of piperidine rings is 1. The Morgan fingerprint density at radius 1 is 1.30 bits per heavy atom. The van der Waals surface area contributed by atoms with Crippen molar-refractivity contribution in [2.45, 2.75) is 69.6 Å².